The predicted octanol–water partition coefficient (Wildman–Crippen LogP) is 4.85. The lowest BCUT2D eigenvalue weighted by atomic mass is 10.2. The van der Waals surface area contributed by atoms with E-state index >= 15 is 0 Å². The van der Waals surface area contributed by atoms with Gasteiger partial charge in [0.25, 0.3) is 0 Å². The summed E-state index contributed by atoms with van der Waals surface area (Å²) in [6, 6.07) is 0. The third-order valence-corrected chi connectivity index (χ3v) is 12.5. The summed E-state index contributed by atoms with van der Waals surface area (Å²) in [7, 11) is -2.15. The minimum absolute atomic E-state index is 0.920. The highest BCUT2D eigenvalue weighted by Gasteiger charge is 2.40. The first-order valence-corrected chi connectivity index (χ1v) is 13.2. The van der Waals surface area contributed by atoms with E-state index in [2.05, 4.69) is 58.4 Å². The van der Waals surface area contributed by atoms with Crippen LogP contribution in [0.1, 0.15) is 13.3 Å². The van der Waals surface area contributed by atoms with Gasteiger partial charge < -0.3 is 0 Å². The molecule has 2 heteroatoms. The van der Waals surface area contributed by atoms with E-state index in [1.807, 2.05) is 0 Å². The molecule has 0 aliphatic heterocycles. The molecule has 0 fully saturated rings. The van der Waals surface area contributed by atoms with E-state index in [4.69, 9.17) is 0 Å². The molecule has 0 nitrogen and oxygen atoms in total. The van der Waals surface area contributed by atoms with Crippen LogP contribution in [0.25, 0.3) is 0 Å². The standard InChI is InChI=1S/C13H26Si2/c1-11-9-8-10-12(11)13(14(2,3)4)15(5,6)7/h8,10,13H,9H2,1-7H3. The van der Waals surface area contributed by atoms with Gasteiger partial charge in [-0.3, -0.25) is 0 Å². The van der Waals surface area contributed by atoms with Crippen molar-refractivity contribution in [1.29, 1.82) is 0 Å². The van der Waals surface area contributed by atoms with Crippen molar-refractivity contribution in [2.45, 2.75) is 57.8 Å². The van der Waals surface area contributed by atoms with Crippen LogP contribution >= 0.6 is 0 Å². The molecular weight excluding hydrogens is 212 g/mol. The summed E-state index contributed by atoms with van der Waals surface area (Å²) in [6.45, 7) is 17.5. The Bertz CT molecular complexity index is 283. The molecule has 0 bridgehead atoms. The largest absolute Gasteiger partial charge is 0.0802 e. The number of rotatable bonds is 3. The topological polar surface area (TPSA) is 0 Å². The van der Waals surface area contributed by atoms with Crippen molar-refractivity contribution >= 4 is 16.1 Å². The molecule has 0 aromatic carbocycles. The van der Waals surface area contributed by atoms with Crippen LogP contribution in [-0.2, 0) is 0 Å². The van der Waals surface area contributed by atoms with Crippen LogP contribution in [-0.4, -0.2) is 16.1 Å². The Morgan fingerprint density at radius 2 is 1.47 bits per heavy atom. The zero-order valence-electron chi connectivity index (χ0n) is 11.4. The van der Waals surface area contributed by atoms with E-state index in [0.29, 0.717) is 0 Å². The molecule has 1 aliphatic carbocycles. The first kappa shape index (κ1) is 13.0. The van der Waals surface area contributed by atoms with Crippen LogP contribution in [0.4, 0.5) is 0 Å². The maximum atomic E-state index is 2.53. The van der Waals surface area contributed by atoms with Gasteiger partial charge in [0.05, 0.1) is 0 Å². The zero-order chi connectivity index (χ0) is 11.9. The minimum atomic E-state index is -1.08. The Morgan fingerprint density at radius 3 is 1.73 bits per heavy atom. The third kappa shape index (κ3) is 2.94. The van der Waals surface area contributed by atoms with E-state index in [9.17, 15) is 0 Å². The van der Waals surface area contributed by atoms with Crippen LogP contribution in [0.3, 0.4) is 0 Å². The van der Waals surface area contributed by atoms with Gasteiger partial charge in [-0.2, -0.15) is 0 Å². The summed E-state index contributed by atoms with van der Waals surface area (Å²) < 4.78 is 0. The Hall–Kier alpha value is -0.0862. The Kier molecular flexibility index (Phi) is 3.51. The molecule has 0 radical (unpaired) electrons. The Balaban J connectivity index is 3.14. The quantitative estimate of drug-likeness (QED) is 0.617. The average molecular weight is 239 g/mol. The van der Waals surface area contributed by atoms with Crippen LogP contribution in [0.2, 0.25) is 44.4 Å². The lowest BCUT2D eigenvalue weighted by molar-refractivity contribution is 1.15. The van der Waals surface area contributed by atoms with E-state index in [1.165, 1.54) is 6.42 Å². The predicted molar refractivity (Wildman–Crippen MR) is 76.9 cm³/mol. The Morgan fingerprint density at radius 1 is 1.00 bits per heavy atom. The lowest BCUT2D eigenvalue weighted by Crippen LogP contribution is -2.44. The summed E-state index contributed by atoms with van der Waals surface area (Å²) >= 11 is 0. The molecule has 0 unspecified atom stereocenters. The van der Waals surface area contributed by atoms with Crippen molar-refractivity contribution in [1.82, 2.24) is 0 Å². The normalized spacial score (nSPS) is 18.1. The number of hydrogen-bond donors (Lipinski definition) is 0. The van der Waals surface area contributed by atoms with Crippen LogP contribution in [0.5, 0.6) is 0 Å². The lowest BCUT2D eigenvalue weighted by Gasteiger charge is -2.39. The molecule has 1 aliphatic rings. The first-order valence-electron chi connectivity index (χ1n) is 6.00. The van der Waals surface area contributed by atoms with Gasteiger partial charge in [-0.05, 0) is 18.5 Å². The van der Waals surface area contributed by atoms with E-state index in [1.54, 1.807) is 11.1 Å². The van der Waals surface area contributed by atoms with Gasteiger partial charge in [-0.1, -0.05) is 62.6 Å². The van der Waals surface area contributed by atoms with Gasteiger partial charge in [0.1, 0.15) is 0 Å². The fourth-order valence-corrected chi connectivity index (χ4v) is 16.1. The smallest absolute Gasteiger partial charge is 0.0493 e. The van der Waals surface area contributed by atoms with Gasteiger partial charge in [0, 0.05) is 16.1 Å². The molecule has 15 heavy (non-hydrogen) atoms. The zero-order valence-corrected chi connectivity index (χ0v) is 13.4. The monoisotopic (exact) mass is 238 g/mol. The van der Waals surface area contributed by atoms with Gasteiger partial charge in [0.15, 0.2) is 0 Å². The second kappa shape index (κ2) is 4.06. The molecule has 0 atom stereocenters. The minimum Gasteiger partial charge on any atom is -0.0802 e. The highest BCUT2D eigenvalue weighted by atomic mass is 28.4. The van der Waals surface area contributed by atoms with Crippen molar-refractivity contribution < 1.29 is 0 Å². The highest BCUT2D eigenvalue weighted by molar-refractivity contribution is 6.97. The Labute approximate surface area is 97.5 Å². The number of allylic oxidation sites excluding steroid dienone is 4. The van der Waals surface area contributed by atoms with E-state index in [-0.39, 0.29) is 0 Å². The molecule has 1 rings (SSSR count). The van der Waals surface area contributed by atoms with E-state index < -0.39 is 16.1 Å². The van der Waals surface area contributed by atoms with Gasteiger partial charge in [-0.25, -0.2) is 0 Å². The number of hydrogen-bond acceptors (Lipinski definition) is 0. The van der Waals surface area contributed by atoms with Crippen LogP contribution in [0.15, 0.2) is 23.3 Å². The molecule has 0 heterocycles. The molecule has 86 valence electrons. The maximum Gasteiger partial charge on any atom is 0.0493 e. The van der Waals surface area contributed by atoms with Crippen LogP contribution in [0, 0.1) is 0 Å². The third-order valence-electron chi connectivity index (χ3n) is 3.26. The fourth-order valence-electron chi connectivity index (χ4n) is 3.20. The summed E-state index contributed by atoms with van der Waals surface area (Å²) in [5.41, 5.74) is 3.33. The summed E-state index contributed by atoms with van der Waals surface area (Å²) in [6.07, 6.45) is 5.95. The van der Waals surface area contributed by atoms with Crippen molar-refractivity contribution in [2.75, 3.05) is 0 Å². The van der Waals surface area contributed by atoms with Crippen LogP contribution < -0.4 is 0 Å². The SMILES string of the molecule is CC1=C(C([Si](C)(C)C)[Si](C)(C)C)C=CC1. The molecule has 0 spiro atoms. The molecule has 0 N–H and O–H groups in total. The molecule has 0 amide bonds. The second-order valence-corrected chi connectivity index (χ2v) is 18.2. The highest BCUT2D eigenvalue weighted by Crippen LogP contribution is 2.42. The van der Waals surface area contributed by atoms with Crippen molar-refractivity contribution in [3.8, 4) is 0 Å². The molecule has 0 aromatic rings. The molecule has 0 aromatic heterocycles. The van der Waals surface area contributed by atoms with Crippen molar-refractivity contribution in [2.24, 2.45) is 0 Å². The average Bonchev–Trinajstić information content (AvgIpc) is 2.30. The fraction of sp³-hybridized carbons (Fsp3) is 0.692. The summed E-state index contributed by atoms with van der Waals surface area (Å²) in [5.74, 6) is 0. The van der Waals surface area contributed by atoms with Gasteiger partial charge >= 0.3 is 0 Å². The molecule has 0 saturated heterocycles. The van der Waals surface area contributed by atoms with Crippen molar-refractivity contribution in [3.05, 3.63) is 23.3 Å². The second-order valence-electron chi connectivity index (χ2n) is 7.01. The van der Waals surface area contributed by atoms with E-state index in [0.717, 1.165) is 5.16 Å². The summed E-state index contributed by atoms with van der Waals surface area (Å²) in [4.78, 5) is 0. The molecule has 0 saturated carbocycles. The van der Waals surface area contributed by atoms with Gasteiger partial charge in [-0.15, -0.1) is 0 Å². The maximum absolute atomic E-state index is 2.53. The summed E-state index contributed by atoms with van der Waals surface area (Å²) in [5, 5.41) is 0.920. The van der Waals surface area contributed by atoms with Gasteiger partial charge in [0.2, 0.25) is 0 Å². The van der Waals surface area contributed by atoms with Crippen molar-refractivity contribution in [3.63, 3.8) is 0 Å². The first-order chi connectivity index (χ1) is 6.64. The molecular formula is C13H26Si2.